The van der Waals surface area contributed by atoms with Crippen LogP contribution in [0.5, 0.6) is 0 Å². The second-order valence-electron chi connectivity index (χ2n) is 13.2. The number of furan rings is 1. The minimum absolute atomic E-state index is 0.602. The second-order valence-corrected chi connectivity index (χ2v) is 14.3. The van der Waals surface area contributed by atoms with Gasteiger partial charge in [0, 0.05) is 47.6 Å². The molecule has 0 bridgehead atoms. The third-order valence-electron chi connectivity index (χ3n) is 10.1. The first-order chi connectivity index (χ1) is 25.7. The van der Waals surface area contributed by atoms with Crippen LogP contribution in [0.4, 0.5) is 0 Å². The summed E-state index contributed by atoms with van der Waals surface area (Å²) in [7, 11) is 0. The number of rotatable bonds is 4. The Balaban J connectivity index is 1.22. The van der Waals surface area contributed by atoms with E-state index >= 15 is 0 Å². The molecule has 3 heterocycles. The SMILES string of the molecule is c1ccc2cc(-c3nc(-c4ccc5ccccc5c4)nc(-c4c(-c5ccc6c(c5)sc5ccccc56)ccc5oc6ccccc6c45)n3)ccc2c1. The molecule has 0 atom stereocenters. The Morgan fingerprint density at radius 1 is 0.385 bits per heavy atom. The topological polar surface area (TPSA) is 51.8 Å². The number of benzene rings is 8. The average molecular weight is 682 g/mol. The number of thiophene rings is 1. The minimum atomic E-state index is 0.602. The maximum Gasteiger partial charge on any atom is 0.165 e. The van der Waals surface area contributed by atoms with Crippen LogP contribution in [0.1, 0.15) is 0 Å². The lowest BCUT2D eigenvalue weighted by Crippen LogP contribution is -2.01. The lowest BCUT2D eigenvalue weighted by molar-refractivity contribution is 0.669. The zero-order chi connectivity index (χ0) is 34.2. The predicted molar refractivity (Wildman–Crippen MR) is 217 cm³/mol. The molecule has 0 aliphatic heterocycles. The lowest BCUT2D eigenvalue weighted by Gasteiger charge is -2.14. The molecule has 52 heavy (non-hydrogen) atoms. The molecule has 3 aromatic heterocycles. The van der Waals surface area contributed by atoms with E-state index in [-0.39, 0.29) is 0 Å². The van der Waals surface area contributed by atoms with Crippen LogP contribution in [0.2, 0.25) is 0 Å². The summed E-state index contributed by atoms with van der Waals surface area (Å²) in [6, 6.07) is 57.5. The van der Waals surface area contributed by atoms with Crippen molar-refractivity contribution in [1.29, 1.82) is 0 Å². The van der Waals surface area contributed by atoms with Crippen LogP contribution in [0.15, 0.2) is 168 Å². The largest absolute Gasteiger partial charge is 0.456 e. The van der Waals surface area contributed by atoms with Crippen LogP contribution >= 0.6 is 11.3 Å². The number of aromatic nitrogens is 3. The Bertz CT molecular complexity index is 3110. The van der Waals surface area contributed by atoms with E-state index in [0.29, 0.717) is 17.5 Å². The van der Waals surface area contributed by atoms with Crippen LogP contribution in [0, 0.1) is 0 Å². The van der Waals surface area contributed by atoms with Gasteiger partial charge in [-0.3, -0.25) is 0 Å². The van der Waals surface area contributed by atoms with Crippen molar-refractivity contribution in [1.82, 2.24) is 15.0 Å². The van der Waals surface area contributed by atoms with Crippen LogP contribution in [0.3, 0.4) is 0 Å². The van der Waals surface area contributed by atoms with E-state index in [1.54, 1.807) is 0 Å². The summed E-state index contributed by atoms with van der Waals surface area (Å²) in [4.78, 5) is 15.8. The van der Waals surface area contributed by atoms with E-state index in [4.69, 9.17) is 19.4 Å². The first kappa shape index (κ1) is 29.1. The maximum absolute atomic E-state index is 6.47. The first-order valence-corrected chi connectivity index (χ1v) is 18.2. The summed E-state index contributed by atoms with van der Waals surface area (Å²) in [6.45, 7) is 0. The lowest BCUT2D eigenvalue weighted by atomic mass is 9.94. The normalized spacial score (nSPS) is 11.8. The second kappa shape index (κ2) is 11.4. The van der Waals surface area contributed by atoms with Gasteiger partial charge in [-0.25, -0.2) is 15.0 Å². The van der Waals surface area contributed by atoms with Crippen LogP contribution < -0.4 is 0 Å². The Labute approximate surface area is 302 Å². The van der Waals surface area contributed by atoms with Gasteiger partial charge in [0.25, 0.3) is 0 Å². The van der Waals surface area contributed by atoms with Crippen molar-refractivity contribution < 1.29 is 4.42 Å². The molecule has 0 aliphatic rings. The van der Waals surface area contributed by atoms with Gasteiger partial charge in [-0.1, -0.05) is 121 Å². The van der Waals surface area contributed by atoms with Gasteiger partial charge in [-0.15, -0.1) is 11.3 Å². The highest BCUT2D eigenvalue weighted by Crippen LogP contribution is 2.44. The number of hydrogen-bond donors (Lipinski definition) is 0. The molecule has 0 aliphatic carbocycles. The smallest absolute Gasteiger partial charge is 0.165 e. The highest BCUT2D eigenvalue weighted by molar-refractivity contribution is 7.25. The molecule has 0 radical (unpaired) electrons. The molecule has 0 saturated carbocycles. The molecule has 8 aromatic carbocycles. The third kappa shape index (κ3) is 4.64. The molecule has 11 rings (SSSR count). The number of nitrogens with zero attached hydrogens (tertiary/aromatic N) is 3. The zero-order valence-electron chi connectivity index (χ0n) is 27.7. The number of para-hydroxylation sites is 1. The standard InChI is InChI=1S/C47H27N3OS/c1-3-11-30-25-33(19-17-28(30)9-1)45-48-46(34-20-18-29-10-2-4-12-31(29)26-34)50-47(49-45)44-35(23-24-40-43(44)38-14-5-7-15-39(38)51-40)32-21-22-37-36-13-6-8-16-41(36)52-42(37)27-32/h1-27H. The van der Waals surface area contributed by atoms with Gasteiger partial charge in [0.15, 0.2) is 17.5 Å². The fourth-order valence-corrected chi connectivity index (χ4v) is 8.73. The minimum Gasteiger partial charge on any atom is -0.456 e. The van der Waals surface area contributed by atoms with E-state index in [2.05, 4.69) is 152 Å². The molecule has 4 nitrogen and oxygen atoms in total. The number of fused-ring (bicyclic) bond motifs is 8. The van der Waals surface area contributed by atoms with Gasteiger partial charge < -0.3 is 4.42 Å². The molecule has 0 saturated heterocycles. The third-order valence-corrected chi connectivity index (χ3v) is 11.2. The van der Waals surface area contributed by atoms with Crippen molar-refractivity contribution in [2.75, 3.05) is 0 Å². The predicted octanol–water partition coefficient (Wildman–Crippen LogP) is 13.1. The van der Waals surface area contributed by atoms with Crippen molar-refractivity contribution in [2.24, 2.45) is 0 Å². The Morgan fingerprint density at radius 3 is 1.69 bits per heavy atom. The molecular weight excluding hydrogens is 655 g/mol. The summed E-state index contributed by atoms with van der Waals surface area (Å²) in [5.74, 6) is 1.84. The number of hydrogen-bond acceptors (Lipinski definition) is 5. The van der Waals surface area contributed by atoms with Crippen molar-refractivity contribution >= 4 is 75.0 Å². The van der Waals surface area contributed by atoms with Crippen molar-refractivity contribution in [3.05, 3.63) is 164 Å². The quantitative estimate of drug-likeness (QED) is 0.185. The molecule has 0 unspecified atom stereocenters. The highest BCUT2D eigenvalue weighted by Gasteiger charge is 2.22. The van der Waals surface area contributed by atoms with Gasteiger partial charge in [0.1, 0.15) is 11.2 Å². The van der Waals surface area contributed by atoms with E-state index in [9.17, 15) is 0 Å². The molecule has 242 valence electrons. The van der Waals surface area contributed by atoms with Gasteiger partial charge >= 0.3 is 0 Å². The summed E-state index contributed by atoms with van der Waals surface area (Å²) in [5.41, 5.74) is 6.55. The van der Waals surface area contributed by atoms with Gasteiger partial charge in [-0.05, 0) is 75.1 Å². The molecule has 0 fully saturated rings. The van der Waals surface area contributed by atoms with Gasteiger partial charge in [0.05, 0.1) is 0 Å². The van der Waals surface area contributed by atoms with Crippen molar-refractivity contribution in [3.8, 4) is 45.3 Å². The first-order valence-electron chi connectivity index (χ1n) is 17.3. The molecule has 5 heteroatoms. The van der Waals surface area contributed by atoms with Crippen molar-refractivity contribution in [3.63, 3.8) is 0 Å². The fourth-order valence-electron chi connectivity index (χ4n) is 7.59. The van der Waals surface area contributed by atoms with E-state index < -0.39 is 0 Å². The maximum atomic E-state index is 6.47. The molecule has 0 amide bonds. The average Bonchev–Trinajstić information content (AvgIpc) is 3.78. The van der Waals surface area contributed by atoms with Crippen LogP contribution in [-0.4, -0.2) is 15.0 Å². The zero-order valence-corrected chi connectivity index (χ0v) is 28.6. The van der Waals surface area contributed by atoms with Gasteiger partial charge in [-0.2, -0.15) is 0 Å². The molecule has 0 spiro atoms. The van der Waals surface area contributed by atoms with Crippen LogP contribution in [-0.2, 0) is 0 Å². The van der Waals surface area contributed by atoms with Gasteiger partial charge in [0.2, 0.25) is 0 Å². The summed E-state index contributed by atoms with van der Waals surface area (Å²) in [5, 5.41) is 9.17. The molecule has 11 aromatic rings. The van der Waals surface area contributed by atoms with E-state index in [1.807, 2.05) is 23.5 Å². The molecular formula is C47H27N3OS. The summed E-state index contributed by atoms with van der Waals surface area (Å²) < 4.78 is 9.00. The summed E-state index contributed by atoms with van der Waals surface area (Å²) >= 11 is 1.82. The monoisotopic (exact) mass is 681 g/mol. The molecule has 0 N–H and O–H groups in total. The fraction of sp³-hybridized carbons (Fsp3) is 0. The van der Waals surface area contributed by atoms with E-state index in [1.165, 1.54) is 30.9 Å². The Hall–Kier alpha value is -6.69. The summed E-state index contributed by atoms with van der Waals surface area (Å²) in [6.07, 6.45) is 0. The van der Waals surface area contributed by atoms with Crippen molar-refractivity contribution in [2.45, 2.75) is 0 Å². The highest BCUT2D eigenvalue weighted by atomic mass is 32.1. The Morgan fingerprint density at radius 2 is 0.962 bits per heavy atom. The van der Waals surface area contributed by atoms with E-state index in [0.717, 1.165) is 60.5 Å². The Kier molecular flexibility index (Phi) is 6.39. The van der Waals surface area contributed by atoms with Crippen LogP contribution in [0.25, 0.3) is 109 Å².